The molecule has 0 unspecified atom stereocenters. The number of nitrogens with one attached hydrogen (secondary N) is 1. The van der Waals surface area contributed by atoms with Crippen molar-refractivity contribution in [2.45, 2.75) is 56.6 Å². The Morgan fingerprint density at radius 3 is 1.84 bits per heavy atom. The number of esters is 4. The van der Waals surface area contributed by atoms with E-state index in [9.17, 15) is 19.2 Å². The quantitative estimate of drug-likeness (QED) is 0.443. The Labute approximate surface area is 190 Å². The molecule has 0 radical (unpaired) electrons. The van der Waals surface area contributed by atoms with Gasteiger partial charge in [0.2, 0.25) is 0 Å². The van der Waals surface area contributed by atoms with Gasteiger partial charge in [0, 0.05) is 33.4 Å². The zero-order valence-electron chi connectivity index (χ0n) is 18.5. The van der Waals surface area contributed by atoms with Gasteiger partial charge in [-0.05, 0) is 24.3 Å². The third kappa shape index (κ3) is 7.33. The number of anilines is 1. The summed E-state index contributed by atoms with van der Waals surface area (Å²) in [6, 6.07) is 7.03. The third-order valence-electron chi connectivity index (χ3n) is 4.39. The summed E-state index contributed by atoms with van der Waals surface area (Å²) >= 11 is 1.24. The highest BCUT2D eigenvalue weighted by atomic mass is 32.2. The van der Waals surface area contributed by atoms with E-state index in [-0.39, 0.29) is 6.61 Å². The summed E-state index contributed by atoms with van der Waals surface area (Å²) in [6.07, 6.45) is -3.14. The van der Waals surface area contributed by atoms with Crippen molar-refractivity contribution in [1.82, 2.24) is 0 Å². The van der Waals surface area contributed by atoms with Gasteiger partial charge in [0.15, 0.2) is 18.3 Å². The Hall–Kier alpha value is -2.95. The standard InChI is InChI=1S/C21H27NO9S/c1-11(23)28-10-17-18(29-12(2)24)19(30-13(3)25)20(31-14(4)26)21(32-17)22-15-6-8-16(27-5)9-7-15/h6-9,17-22H,10H2,1-5H3/t17-,18-,19+,20-,21-/m1/s1. The van der Waals surface area contributed by atoms with Crippen LogP contribution < -0.4 is 10.1 Å². The van der Waals surface area contributed by atoms with E-state index in [1.807, 2.05) is 0 Å². The lowest BCUT2D eigenvalue weighted by molar-refractivity contribution is -0.185. The number of hydrogen-bond donors (Lipinski definition) is 1. The van der Waals surface area contributed by atoms with E-state index in [1.54, 1.807) is 31.4 Å². The van der Waals surface area contributed by atoms with E-state index in [1.165, 1.54) is 39.5 Å². The van der Waals surface area contributed by atoms with Gasteiger partial charge >= 0.3 is 23.9 Å². The lowest BCUT2D eigenvalue weighted by atomic mass is 10.0. The molecule has 0 bridgehead atoms. The minimum absolute atomic E-state index is 0.108. The molecule has 1 aliphatic heterocycles. The van der Waals surface area contributed by atoms with Crippen LogP contribution in [-0.4, -0.2) is 66.5 Å². The number of thioether (sulfide) groups is 1. The first kappa shape index (κ1) is 25.3. The second kappa shape index (κ2) is 11.6. The normalized spacial score (nSPS) is 24.6. The first-order valence-electron chi connectivity index (χ1n) is 9.81. The Balaban J connectivity index is 2.42. The molecule has 2 rings (SSSR count). The summed E-state index contributed by atoms with van der Waals surface area (Å²) in [7, 11) is 1.55. The van der Waals surface area contributed by atoms with Crippen molar-refractivity contribution in [3.05, 3.63) is 24.3 Å². The van der Waals surface area contributed by atoms with Crippen LogP contribution in [0.15, 0.2) is 24.3 Å². The Kier molecular flexibility index (Phi) is 9.18. The van der Waals surface area contributed by atoms with E-state index in [0.717, 1.165) is 0 Å². The fraction of sp³-hybridized carbons (Fsp3) is 0.524. The van der Waals surface area contributed by atoms with Gasteiger partial charge in [-0.3, -0.25) is 19.2 Å². The maximum atomic E-state index is 11.9. The van der Waals surface area contributed by atoms with E-state index >= 15 is 0 Å². The SMILES string of the molecule is COc1ccc(N[C@@H]2S[C@H](COC(C)=O)[C@@H](OC(C)=O)[C@H](OC(C)=O)[C@H]2OC(C)=O)cc1. The van der Waals surface area contributed by atoms with Crippen LogP contribution in [0.25, 0.3) is 0 Å². The van der Waals surface area contributed by atoms with Crippen LogP contribution in [0, 0.1) is 0 Å². The number of carbonyl (C=O) groups is 4. The molecule has 1 fully saturated rings. The van der Waals surface area contributed by atoms with Crippen LogP contribution in [-0.2, 0) is 38.1 Å². The third-order valence-corrected chi connectivity index (χ3v) is 5.82. The number of ether oxygens (including phenoxy) is 5. The Morgan fingerprint density at radius 2 is 1.34 bits per heavy atom. The van der Waals surface area contributed by atoms with Gasteiger partial charge in [-0.25, -0.2) is 0 Å². The monoisotopic (exact) mass is 469 g/mol. The van der Waals surface area contributed by atoms with Crippen molar-refractivity contribution in [3.63, 3.8) is 0 Å². The number of benzene rings is 1. The molecule has 1 heterocycles. The van der Waals surface area contributed by atoms with Gasteiger partial charge in [0.05, 0.1) is 12.4 Å². The summed E-state index contributed by atoms with van der Waals surface area (Å²) in [5.41, 5.74) is 0.680. The molecule has 1 aromatic carbocycles. The molecule has 0 saturated carbocycles. The van der Waals surface area contributed by atoms with E-state index in [0.29, 0.717) is 11.4 Å². The molecule has 5 atom stereocenters. The average Bonchev–Trinajstić information content (AvgIpc) is 2.70. The van der Waals surface area contributed by atoms with Gasteiger partial charge in [-0.15, -0.1) is 11.8 Å². The maximum Gasteiger partial charge on any atom is 0.303 e. The van der Waals surface area contributed by atoms with Crippen LogP contribution in [0.5, 0.6) is 5.75 Å². The molecule has 0 aliphatic carbocycles. The predicted molar refractivity (Wildman–Crippen MR) is 115 cm³/mol. The molecule has 0 spiro atoms. The molecular weight excluding hydrogens is 442 g/mol. The number of carbonyl (C=O) groups excluding carboxylic acids is 4. The fourth-order valence-electron chi connectivity index (χ4n) is 3.20. The summed E-state index contributed by atoms with van der Waals surface area (Å²) in [5.74, 6) is -1.73. The number of hydrogen-bond acceptors (Lipinski definition) is 11. The molecular formula is C21H27NO9S. The van der Waals surface area contributed by atoms with Gasteiger partial charge < -0.3 is 29.0 Å². The second-order valence-electron chi connectivity index (χ2n) is 6.99. The minimum Gasteiger partial charge on any atom is -0.497 e. The average molecular weight is 470 g/mol. The zero-order chi connectivity index (χ0) is 23.8. The lowest BCUT2D eigenvalue weighted by Gasteiger charge is -2.44. The van der Waals surface area contributed by atoms with Gasteiger partial charge in [0.1, 0.15) is 17.7 Å². The highest BCUT2D eigenvalue weighted by Crippen LogP contribution is 2.38. The molecule has 0 amide bonds. The first-order valence-corrected chi connectivity index (χ1v) is 10.8. The fourth-order valence-corrected chi connectivity index (χ4v) is 4.65. The van der Waals surface area contributed by atoms with Crippen molar-refractivity contribution in [2.24, 2.45) is 0 Å². The van der Waals surface area contributed by atoms with E-state index in [2.05, 4.69) is 5.32 Å². The van der Waals surface area contributed by atoms with Crippen molar-refractivity contribution in [2.75, 3.05) is 19.0 Å². The number of methoxy groups -OCH3 is 1. The first-order chi connectivity index (χ1) is 15.1. The van der Waals surface area contributed by atoms with Crippen LogP contribution in [0.2, 0.25) is 0 Å². The highest BCUT2D eigenvalue weighted by molar-refractivity contribution is 8.00. The molecule has 1 aromatic rings. The van der Waals surface area contributed by atoms with Crippen molar-refractivity contribution >= 4 is 41.3 Å². The highest BCUT2D eigenvalue weighted by Gasteiger charge is 2.51. The summed E-state index contributed by atoms with van der Waals surface area (Å²) in [4.78, 5) is 46.9. The predicted octanol–water partition coefficient (Wildman–Crippen LogP) is 1.91. The molecule has 1 aliphatic rings. The minimum atomic E-state index is -1.13. The van der Waals surface area contributed by atoms with Crippen LogP contribution in [0.4, 0.5) is 5.69 Å². The van der Waals surface area contributed by atoms with Crippen molar-refractivity contribution < 1.29 is 42.9 Å². The zero-order valence-corrected chi connectivity index (χ0v) is 19.3. The summed E-state index contributed by atoms with van der Waals surface area (Å²) < 4.78 is 26.7. The summed E-state index contributed by atoms with van der Waals surface area (Å²) in [6.45, 7) is 4.78. The number of rotatable bonds is 8. The van der Waals surface area contributed by atoms with Crippen LogP contribution in [0.1, 0.15) is 27.7 Å². The van der Waals surface area contributed by atoms with Crippen molar-refractivity contribution in [3.8, 4) is 5.75 Å². The van der Waals surface area contributed by atoms with Crippen LogP contribution in [0.3, 0.4) is 0 Å². The molecule has 176 valence electrons. The van der Waals surface area contributed by atoms with E-state index in [4.69, 9.17) is 23.7 Å². The van der Waals surface area contributed by atoms with Crippen LogP contribution >= 0.6 is 11.8 Å². The summed E-state index contributed by atoms with van der Waals surface area (Å²) in [5, 5.41) is 2.02. The van der Waals surface area contributed by atoms with Gasteiger partial charge in [-0.2, -0.15) is 0 Å². The Bertz CT molecular complexity index is 829. The largest absolute Gasteiger partial charge is 0.497 e. The van der Waals surface area contributed by atoms with E-state index < -0.39 is 52.8 Å². The topological polar surface area (TPSA) is 126 Å². The van der Waals surface area contributed by atoms with Gasteiger partial charge in [-0.1, -0.05) is 0 Å². The molecule has 1 saturated heterocycles. The second-order valence-corrected chi connectivity index (χ2v) is 8.38. The molecule has 0 aromatic heterocycles. The van der Waals surface area contributed by atoms with Gasteiger partial charge in [0.25, 0.3) is 0 Å². The lowest BCUT2D eigenvalue weighted by Crippen LogP contribution is -2.60. The van der Waals surface area contributed by atoms with Crippen molar-refractivity contribution in [1.29, 1.82) is 0 Å². The Morgan fingerprint density at radius 1 is 0.812 bits per heavy atom. The molecule has 11 heteroatoms. The molecule has 32 heavy (non-hydrogen) atoms. The molecule has 10 nitrogen and oxygen atoms in total. The smallest absolute Gasteiger partial charge is 0.303 e. The maximum absolute atomic E-state index is 11.9. The molecule has 1 N–H and O–H groups in total.